The Labute approximate surface area is 227 Å². The number of hydrogen-bond donors (Lipinski definition) is 0. The average Bonchev–Trinajstić information content (AvgIpc) is 3.18. The number of carbonyl (C=O) groups is 1. The number of esters is 1. The zero-order valence-corrected chi connectivity index (χ0v) is 22.9. The van der Waals surface area contributed by atoms with Crippen molar-refractivity contribution in [2.45, 2.75) is 39.7 Å². The van der Waals surface area contributed by atoms with E-state index in [4.69, 9.17) is 26.1 Å². The predicted molar refractivity (Wildman–Crippen MR) is 145 cm³/mol. The number of hydrogen-bond acceptors (Lipinski definition) is 8. The summed E-state index contributed by atoms with van der Waals surface area (Å²) in [5.41, 5.74) is 1.87. The van der Waals surface area contributed by atoms with Crippen LogP contribution in [0.25, 0.3) is 6.08 Å². The summed E-state index contributed by atoms with van der Waals surface area (Å²) in [5, 5.41) is 11.8. The van der Waals surface area contributed by atoms with Crippen molar-refractivity contribution in [1.29, 1.82) is 0 Å². The molecule has 2 heterocycles. The highest BCUT2D eigenvalue weighted by Gasteiger charge is 2.36. The normalized spacial score (nSPS) is 15.2. The van der Waals surface area contributed by atoms with Crippen molar-refractivity contribution in [3.8, 4) is 5.75 Å². The maximum Gasteiger partial charge on any atom is 0.338 e. The fourth-order valence-corrected chi connectivity index (χ4v) is 5.60. The van der Waals surface area contributed by atoms with Crippen molar-refractivity contribution in [1.82, 2.24) is 4.57 Å². The summed E-state index contributed by atoms with van der Waals surface area (Å²) in [6.07, 6.45) is 2.79. The van der Waals surface area contributed by atoms with Gasteiger partial charge in [0.05, 0.1) is 34.4 Å². The van der Waals surface area contributed by atoms with Crippen molar-refractivity contribution in [3.63, 3.8) is 0 Å². The van der Waals surface area contributed by atoms with Crippen LogP contribution in [0.5, 0.6) is 5.75 Å². The van der Waals surface area contributed by atoms with Gasteiger partial charge >= 0.3 is 5.97 Å². The molecule has 0 saturated heterocycles. The van der Waals surface area contributed by atoms with Crippen LogP contribution >= 0.6 is 22.9 Å². The number of rotatable bonds is 8. The molecular weight excluding hydrogens is 530 g/mol. The molecule has 38 heavy (non-hydrogen) atoms. The van der Waals surface area contributed by atoms with E-state index in [1.807, 2.05) is 6.92 Å². The van der Waals surface area contributed by atoms with E-state index in [-0.39, 0.29) is 17.9 Å². The van der Waals surface area contributed by atoms with Gasteiger partial charge in [-0.2, -0.15) is 0 Å². The van der Waals surface area contributed by atoms with Crippen LogP contribution in [0.4, 0.5) is 5.69 Å². The first-order valence-corrected chi connectivity index (χ1v) is 13.2. The molecule has 11 heteroatoms. The molecule has 1 aliphatic heterocycles. The molecule has 198 valence electrons. The molecule has 0 spiro atoms. The third-order valence-corrected chi connectivity index (χ3v) is 7.32. The van der Waals surface area contributed by atoms with E-state index in [2.05, 4.69) is 0 Å². The highest BCUT2D eigenvalue weighted by Crippen LogP contribution is 2.38. The molecular formula is C27H26ClN3O6S. The second-order valence-electron chi connectivity index (χ2n) is 8.60. The molecule has 0 bridgehead atoms. The lowest BCUT2D eigenvalue weighted by molar-refractivity contribution is -0.385. The molecule has 1 aliphatic rings. The maximum absolute atomic E-state index is 13.9. The Balaban J connectivity index is 2.04. The average molecular weight is 556 g/mol. The zero-order chi connectivity index (χ0) is 27.6. The molecule has 0 aliphatic carbocycles. The maximum atomic E-state index is 13.9. The number of aryl methyl sites for hydroxylation is 1. The first-order valence-electron chi connectivity index (χ1n) is 12.0. The van der Waals surface area contributed by atoms with Crippen LogP contribution in [0.15, 0.2) is 57.5 Å². The second-order valence-corrected chi connectivity index (χ2v) is 10.0. The minimum Gasteiger partial charge on any atom is -0.496 e. The van der Waals surface area contributed by atoms with Crippen molar-refractivity contribution in [2.75, 3.05) is 13.7 Å². The van der Waals surface area contributed by atoms with Crippen LogP contribution in [-0.4, -0.2) is 29.2 Å². The summed E-state index contributed by atoms with van der Waals surface area (Å²) in [6, 6.07) is 8.90. The monoisotopic (exact) mass is 555 g/mol. The number of halogens is 1. The third kappa shape index (κ3) is 5.14. The largest absolute Gasteiger partial charge is 0.496 e. The molecule has 0 fully saturated rings. The number of allylic oxidation sites excluding steroid dienone is 1. The van der Waals surface area contributed by atoms with Crippen molar-refractivity contribution < 1.29 is 19.2 Å². The second kappa shape index (κ2) is 11.3. The van der Waals surface area contributed by atoms with Gasteiger partial charge in [-0.05, 0) is 50.1 Å². The van der Waals surface area contributed by atoms with Crippen LogP contribution in [0.3, 0.4) is 0 Å². The van der Waals surface area contributed by atoms with Crippen LogP contribution in [0, 0.1) is 17.0 Å². The molecule has 0 N–H and O–H groups in total. The zero-order valence-electron chi connectivity index (χ0n) is 21.3. The lowest BCUT2D eigenvalue weighted by Gasteiger charge is -2.27. The molecule has 1 atom stereocenters. The van der Waals surface area contributed by atoms with Crippen LogP contribution in [-0.2, 0) is 9.53 Å². The first-order chi connectivity index (χ1) is 18.2. The molecule has 0 unspecified atom stereocenters. The van der Waals surface area contributed by atoms with Gasteiger partial charge in [0.2, 0.25) is 0 Å². The molecule has 0 radical (unpaired) electrons. The number of carbonyl (C=O) groups excluding carboxylic acids is 1. The van der Waals surface area contributed by atoms with E-state index >= 15 is 0 Å². The van der Waals surface area contributed by atoms with Gasteiger partial charge in [-0.3, -0.25) is 19.5 Å². The Kier molecular flexibility index (Phi) is 8.13. The number of nitrogens with zero attached hydrogens (tertiary/aromatic N) is 3. The Morgan fingerprint density at radius 1 is 1.26 bits per heavy atom. The standard InChI is InChI=1S/C27H26ClN3O6S/c1-5-7-19-23(26(33)37-6-2)24(18-14-17(28)10-11-21(18)36-4)30-25(32)22(38-27(30)29-19)13-16-9-8-15(3)20(12-16)31(34)35/h8-14,24H,5-7H2,1-4H3/b22-13-/t24-/m0/s1. The molecule has 2 aromatic carbocycles. The molecule has 0 saturated carbocycles. The number of methoxy groups -OCH3 is 1. The lowest BCUT2D eigenvalue weighted by Crippen LogP contribution is -2.40. The van der Waals surface area contributed by atoms with Gasteiger partial charge in [0.15, 0.2) is 4.80 Å². The highest BCUT2D eigenvalue weighted by atomic mass is 35.5. The van der Waals surface area contributed by atoms with E-state index in [9.17, 15) is 19.7 Å². The SMILES string of the molecule is CCCC1=C(C(=O)OCC)[C@H](c2cc(Cl)ccc2OC)n2c(s/c(=C\c3ccc(C)c([N+](=O)[O-])c3)c2=O)=N1. The summed E-state index contributed by atoms with van der Waals surface area (Å²) < 4.78 is 12.8. The third-order valence-electron chi connectivity index (χ3n) is 6.11. The Hall–Kier alpha value is -3.76. The predicted octanol–water partition coefficient (Wildman–Crippen LogP) is 4.46. The first kappa shape index (κ1) is 27.3. The van der Waals surface area contributed by atoms with Gasteiger partial charge in [-0.15, -0.1) is 0 Å². The summed E-state index contributed by atoms with van der Waals surface area (Å²) in [4.78, 5) is 43.3. The van der Waals surface area contributed by atoms with Gasteiger partial charge in [-0.1, -0.05) is 48.4 Å². The number of benzene rings is 2. The number of nitro benzene ring substituents is 1. The Morgan fingerprint density at radius 2 is 2.03 bits per heavy atom. The van der Waals surface area contributed by atoms with Gasteiger partial charge < -0.3 is 9.47 Å². The lowest BCUT2D eigenvalue weighted by atomic mass is 9.93. The van der Waals surface area contributed by atoms with E-state index in [0.717, 1.165) is 11.3 Å². The Bertz CT molecular complexity index is 1640. The quantitative estimate of drug-likeness (QED) is 0.230. The minimum absolute atomic E-state index is 0.0390. The van der Waals surface area contributed by atoms with E-state index in [1.165, 1.54) is 17.7 Å². The Morgan fingerprint density at radius 3 is 2.68 bits per heavy atom. The van der Waals surface area contributed by atoms with Crippen LogP contribution in [0.1, 0.15) is 49.4 Å². The molecule has 3 aromatic rings. The van der Waals surface area contributed by atoms with Gasteiger partial charge in [0.1, 0.15) is 11.8 Å². The summed E-state index contributed by atoms with van der Waals surface area (Å²) >= 11 is 7.50. The summed E-state index contributed by atoms with van der Waals surface area (Å²) in [6.45, 7) is 5.49. The number of fused-ring (bicyclic) bond motifs is 1. The van der Waals surface area contributed by atoms with Crippen LogP contribution in [0.2, 0.25) is 5.02 Å². The molecule has 9 nitrogen and oxygen atoms in total. The van der Waals surface area contributed by atoms with Crippen molar-refractivity contribution in [2.24, 2.45) is 4.99 Å². The minimum atomic E-state index is -0.894. The number of thiazole rings is 1. The molecule has 1 aromatic heterocycles. The number of ether oxygens (including phenoxy) is 2. The number of nitro groups is 1. The summed E-state index contributed by atoms with van der Waals surface area (Å²) in [7, 11) is 1.50. The van der Waals surface area contributed by atoms with Crippen molar-refractivity contribution in [3.05, 3.63) is 99.2 Å². The van der Waals surface area contributed by atoms with Gasteiger partial charge in [0, 0.05) is 22.2 Å². The smallest absolute Gasteiger partial charge is 0.338 e. The van der Waals surface area contributed by atoms with Crippen molar-refractivity contribution >= 4 is 40.7 Å². The molecule has 4 rings (SSSR count). The van der Waals surface area contributed by atoms with Gasteiger partial charge in [0.25, 0.3) is 11.2 Å². The van der Waals surface area contributed by atoms with E-state index in [0.29, 0.717) is 55.3 Å². The van der Waals surface area contributed by atoms with E-state index in [1.54, 1.807) is 50.3 Å². The fourth-order valence-electron chi connectivity index (χ4n) is 4.40. The number of aromatic nitrogens is 1. The molecule has 0 amide bonds. The topological polar surface area (TPSA) is 113 Å². The summed E-state index contributed by atoms with van der Waals surface area (Å²) in [5.74, 6) is -0.127. The van der Waals surface area contributed by atoms with Crippen LogP contribution < -0.4 is 19.6 Å². The van der Waals surface area contributed by atoms with Gasteiger partial charge in [-0.25, -0.2) is 9.79 Å². The van der Waals surface area contributed by atoms with E-state index < -0.39 is 22.5 Å². The highest BCUT2D eigenvalue weighted by molar-refractivity contribution is 7.07. The fraction of sp³-hybridized carbons (Fsp3) is 0.296.